The first kappa shape index (κ1) is 19.0. The van der Waals surface area contributed by atoms with Gasteiger partial charge in [0.1, 0.15) is 17.6 Å². The quantitative estimate of drug-likeness (QED) is 0.685. The van der Waals surface area contributed by atoms with E-state index in [4.69, 9.17) is 9.47 Å². The van der Waals surface area contributed by atoms with E-state index in [-0.39, 0.29) is 18.1 Å². The number of fused-ring (bicyclic) bond motifs is 1. The highest BCUT2D eigenvalue weighted by molar-refractivity contribution is 5.94. The Morgan fingerprint density at radius 2 is 1.90 bits per heavy atom. The summed E-state index contributed by atoms with van der Waals surface area (Å²) in [6.07, 6.45) is 4.35. The average molecular weight is 388 g/mol. The van der Waals surface area contributed by atoms with Gasteiger partial charge in [-0.2, -0.15) is 0 Å². The van der Waals surface area contributed by atoms with Gasteiger partial charge in [0.15, 0.2) is 0 Å². The van der Waals surface area contributed by atoms with Crippen LogP contribution in [0.4, 0.5) is 0 Å². The van der Waals surface area contributed by atoms with Crippen LogP contribution in [0.15, 0.2) is 67.0 Å². The van der Waals surface area contributed by atoms with Crippen LogP contribution in [-0.2, 0) is 6.42 Å². The lowest BCUT2D eigenvalue weighted by Crippen LogP contribution is -2.34. The van der Waals surface area contributed by atoms with E-state index in [2.05, 4.69) is 22.4 Å². The topological polar surface area (TPSA) is 60.5 Å². The Balaban J connectivity index is 1.38. The number of ether oxygens (including phenoxy) is 2. The third-order valence-electron chi connectivity index (χ3n) is 4.80. The molecule has 0 aliphatic carbocycles. The van der Waals surface area contributed by atoms with Crippen LogP contribution in [0.5, 0.6) is 11.5 Å². The highest BCUT2D eigenvalue weighted by Gasteiger charge is 2.26. The van der Waals surface area contributed by atoms with Gasteiger partial charge in [0, 0.05) is 29.9 Å². The number of aromatic nitrogens is 1. The van der Waals surface area contributed by atoms with Gasteiger partial charge >= 0.3 is 0 Å². The number of amides is 1. The summed E-state index contributed by atoms with van der Waals surface area (Å²) in [5.74, 6) is 1.54. The molecule has 0 bridgehead atoms. The predicted molar refractivity (Wildman–Crippen MR) is 112 cm³/mol. The molecule has 0 radical (unpaired) electrons. The fourth-order valence-corrected chi connectivity index (χ4v) is 3.48. The molecule has 2 aromatic carbocycles. The largest absolute Gasteiger partial charge is 0.491 e. The molecule has 3 aromatic rings. The van der Waals surface area contributed by atoms with Gasteiger partial charge in [-0.05, 0) is 61.4 Å². The Morgan fingerprint density at radius 3 is 2.62 bits per heavy atom. The first-order valence-electron chi connectivity index (χ1n) is 9.84. The van der Waals surface area contributed by atoms with Crippen molar-refractivity contribution in [2.24, 2.45) is 0 Å². The van der Waals surface area contributed by atoms with Gasteiger partial charge in [-0.3, -0.25) is 9.78 Å². The third kappa shape index (κ3) is 4.40. The van der Waals surface area contributed by atoms with Crippen molar-refractivity contribution in [2.45, 2.75) is 32.5 Å². The Morgan fingerprint density at radius 1 is 1.14 bits per heavy atom. The van der Waals surface area contributed by atoms with Crippen LogP contribution in [0.25, 0.3) is 11.1 Å². The van der Waals surface area contributed by atoms with Crippen molar-refractivity contribution in [3.05, 3.63) is 78.1 Å². The molecule has 0 unspecified atom stereocenters. The monoisotopic (exact) mass is 388 g/mol. The SMILES string of the molecule is CC(C)Oc1ccc(C(=O)NC[C@@H]2Cc3cccc(-c4ccncc4)c3O2)cc1. The van der Waals surface area contributed by atoms with E-state index in [0.29, 0.717) is 12.1 Å². The number of para-hydroxylation sites is 1. The molecule has 5 heteroatoms. The van der Waals surface area contributed by atoms with Crippen molar-refractivity contribution < 1.29 is 14.3 Å². The van der Waals surface area contributed by atoms with Gasteiger partial charge < -0.3 is 14.8 Å². The summed E-state index contributed by atoms with van der Waals surface area (Å²) in [7, 11) is 0. The van der Waals surface area contributed by atoms with Gasteiger partial charge in [0.05, 0.1) is 12.6 Å². The van der Waals surface area contributed by atoms with Crippen LogP contribution in [0.1, 0.15) is 29.8 Å². The van der Waals surface area contributed by atoms with Gasteiger partial charge in [-0.25, -0.2) is 0 Å². The summed E-state index contributed by atoms with van der Waals surface area (Å²) in [6, 6.07) is 17.3. The van der Waals surface area contributed by atoms with Crippen molar-refractivity contribution in [3.8, 4) is 22.6 Å². The molecule has 29 heavy (non-hydrogen) atoms. The number of rotatable bonds is 6. The summed E-state index contributed by atoms with van der Waals surface area (Å²) in [6.45, 7) is 4.40. The molecule has 1 N–H and O–H groups in total. The van der Waals surface area contributed by atoms with Crippen LogP contribution >= 0.6 is 0 Å². The molecule has 148 valence electrons. The molecule has 0 spiro atoms. The van der Waals surface area contributed by atoms with E-state index >= 15 is 0 Å². The van der Waals surface area contributed by atoms with Crippen molar-refractivity contribution in [2.75, 3.05) is 6.54 Å². The maximum Gasteiger partial charge on any atom is 0.251 e. The summed E-state index contributed by atoms with van der Waals surface area (Å²) >= 11 is 0. The highest BCUT2D eigenvalue weighted by Crippen LogP contribution is 2.38. The minimum atomic E-state index is -0.116. The second kappa shape index (κ2) is 8.35. The van der Waals surface area contributed by atoms with Crippen LogP contribution in [-0.4, -0.2) is 29.6 Å². The molecule has 2 heterocycles. The minimum absolute atomic E-state index is 0.0829. The fourth-order valence-electron chi connectivity index (χ4n) is 3.48. The molecule has 1 atom stereocenters. The van der Waals surface area contributed by atoms with E-state index in [1.54, 1.807) is 24.5 Å². The average Bonchev–Trinajstić information content (AvgIpc) is 3.16. The van der Waals surface area contributed by atoms with Crippen LogP contribution < -0.4 is 14.8 Å². The number of nitrogens with one attached hydrogen (secondary N) is 1. The van der Waals surface area contributed by atoms with Crippen molar-refractivity contribution in [3.63, 3.8) is 0 Å². The molecule has 1 amide bonds. The minimum Gasteiger partial charge on any atom is -0.491 e. The molecular formula is C24H24N2O3. The Hall–Kier alpha value is -3.34. The van der Waals surface area contributed by atoms with Crippen LogP contribution in [0, 0.1) is 0 Å². The molecule has 1 aliphatic rings. The number of hydrogen-bond donors (Lipinski definition) is 1. The number of carbonyl (C=O) groups is 1. The smallest absolute Gasteiger partial charge is 0.251 e. The summed E-state index contributed by atoms with van der Waals surface area (Å²) < 4.78 is 11.8. The lowest BCUT2D eigenvalue weighted by Gasteiger charge is -2.14. The van der Waals surface area contributed by atoms with E-state index in [1.807, 2.05) is 44.2 Å². The van der Waals surface area contributed by atoms with Gasteiger partial charge in [0.25, 0.3) is 5.91 Å². The first-order chi connectivity index (χ1) is 14.1. The van der Waals surface area contributed by atoms with E-state index < -0.39 is 0 Å². The summed E-state index contributed by atoms with van der Waals surface area (Å²) in [4.78, 5) is 16.6. The molecule has 1 aromatic heterocycles. The first-order valence-corrected chi connectivity index (χ1v) is 9.84. The molecule has 0 fully saturated rings. The number of nitrogens with zero attached hydrogens (tertiary/aromatic N) is 1. The maximum absolute atomic E-state index is 12.5. The molecule has 1 aliphatic heterocycles. The molecule has 0 saturated heterocycles. The van der Waals surface area contributed by atoms with Gasteiger partial charge in [-0.15, -0.1) is 0 Å². The zero-order chi connectivity index (χ0) is 20.2. The zero-order valence-corrected chi connectivity index (χ0v) is 16.6. The van der Waals surface area contributed by atoms with Gasteiger partial charge in [-0.1, -0.05) is 18.2 Å². The zero-order valence-electron chi connectivity index (χ0n) is 16.6. The van der Waals surface area contributed by atoms with E-state index in [1.165, 1.54) is 0 Å². The van der Waals surface area contributed by atoms with Crippen molar-refractivity contribution in [1.29, 1.82) is 0 Å². The number of hydrogen-bond acceptors (Lipinski definition) is 4. The number of pyridine rings is 1. The Labute approximate surface area is 170 Å². The second-order valence-corrected chi connectivity index (χ2v) is 7.37. The summed E-state index contributed by atoms with van der Waals surface area (Å²) in [5.41, 5.74) is 3.90. The molecule has 5 nitrogen and oxygen atoms in total. The second-order valence-electron chi connectivity index (χ2n) is 7.37. The van der Waals surface area contributed by atoms with Crippen molar-refractivity contribution in [1.82, 2.24) is 10.3 Å². The normalized spacial score (nSPS) is 14.9. The highest BCUT2D eigenvalue weighted by atomic mass is 16.5. The molecular weight excluding hydrogens is 364 g/mol. The summed E-state index contributed by atoms with van der Waals surface area (Å²) in [5, 5.41) is 2.98. The molecule has 4 rings (SSSR count). The van der Waals surface area contributed by atoms with E-state index in [9.17, 15) is 4.79 Å². The van der Waals surface area contributed by atoms with Crippen LogP contribution in [0.3, 0.4) is 0 Å². The molecule has 0 saturated carbocycles. The third-order valence-corrected chi connectivity index (χ3v) is 4.80. The number of carbonyl (C=O) groups excluding carboxylic acids is 1. The lowest BCUT2D eigenvalue weighted by molar-refractivity contribution is 0.0933. The number of benzene rings is 2. The van der Waals surface area contributed by atoms with Crippen molar-refractivity contribution >= 4 is 5.91 Å². The predicted octanol–water partition coefficient (Wildman–Crippen LogP) is 4.27. The standard InChI is InChI=1S/C24H24N2O3/c1-16(2)28-20-8-6-18(7-9-20)24(27)26-15-21-14-19-4-3-5-22(23(19)29-21)17-10-12-25-13-11-17/h3-13,16,21H,14-15H2,1-2H3,(H,26,27)/t21-/m0/s1. The van der Waals surface area contributed by atoms with E-state index in [0.717, 1.165) is 34.6 Å². The maximum atomic E-state index is 12.5. The fraction of sp³-hybridized carbons (Fsp3) is 0.250. The Bertz CT molecular complexity index is 985. The van der Waals surface area contributed by atoms with Crippen LogP contribution in [0.2, 0.25) is 0 Å². The van der Waals surface area contributed by atoms with Gasteiger partial charge in [0.2, 0.25) is 0 Å². The lowest BCUT2D eigenvalue weighted by atomic mass is 10.0. The Kier molecular flexibility index (Phi) is 5.47.